The molecule has 0 N–H and O–H groups in total. The predicted molar refractivity (Wildman–Crippen MR) is 83.6 cm³/mol. The topological polar surface area (TPSA) is 52.6 Å². The molecule has 0 saturated heterocycles. The first-order valence-corrected chi connectivity index (χ1v) is 7.00. The molecule has 0 radical (unpaired) electrons. The Kier molecular flexibility index (Phi) is 5.17. The lowest BCUT2D eigenvalue weighted by Gasteiger charge is -2.12. The van der Waals surface area contributed by atoms with E-state index in [4.69, 9.17) is 21.1 Å². The van der Waals surface area contributed by atoms with Crippen LogP contribution in [-0.4, -0.2) is 18.9 Å². The molecule has 0 fully saturated rings. The second-order valence-corrected chi connectivity index (χ2v) is 5.06. The minimum absolute atomic E-state index is 0.102. The van der Waals surface area contributed by atoms with Gasteiger partial charge in [-0.2, -0.15) is 0 Å². The van der Waals surface area contributed by atoms with Crippen molar-refractivity contribution >= 4 is 23.4 Å². The Labute approximate surface area is 133 Å². The van der Waals surface area contributed by atoms with Crippen molar-refractivity contribution in [2.75, 3.05) is 7.11 Å². The molecule has 0 amide bonds. The van der Waals surface area contributed by atoms with E-state index in [1.165, 1.54) is 26.2 Å². The van der Waals surface area contributed by atoms with Crippen LogP contribution < -0.4 is 4.74 Å². The molecule has 4 nitrogen and oxygen atoms in total. The Hall–Kier alpha value is -2.33. The molecular weight excluding hydrogens is 304 g/mol. The van der Waals surface area contributed by atoms with Gasteiger partial charge in [0.2, 0.25) is 0 Å². The van der Waals surface area contributed by atoms with E-state index < -0.39 is 5.97 Å². The number of carbonyl (C=O) groups is 2. The van der Waals surface area contributed by atoms with Crippen LogP contribution in [0.4, 0.5) is 0 Å². The fourth-order valence-corrected chi connectivity index (χ4v) is 2.38. The Morgan fingerprint density at radius 1 is 1.14 bits per heavy atom. The van der Waals surface area contributed by atoms with E-state index >= 15 is 0 Å². The summed E-state index contributed by atoms with van der Waals surface area (Å²) in [7, 11) is 1.25. The molecule has 2 aromatic rings. The number of benzene rings is 2. The summed E-state index contributed by atoms with van der Waals surface area (Å²) in [6, 6.07) is 12.6. The van der Waals surface area contributed by atoms with Gasteiger partial charge < -0.3 is 9.47 Å². The molecule has 0 heterocycles. The van der Waals surface area contributed by atoms with Crippen LogP contribution in [0, 0.1) is 0 Å². The maximum Gasteiger partial charge on any atom is 0.338 e. The molecule has 2 rings (SSSR count). The maximum absolute atomic E-state index is 11.8. The van der Waals surface area contributed by atoms with Gasteiger partial charge in [-0.05, 0) is 24.6 Å². The van der Waals surface area contributed by atoms with Crippen molar-refractivity contribution in [3.8, 4) is 5.75 Å². The van der Waals surface area contributed by atoms with E-state index in [2.05, 4.69) is 0 Å². The molecule has 0 aliphatic rings. The number of esters is 1. The fourth-order valence-electron chi connectivity index (χ4n) is 2.03. The highest BCUT2D eigenvalue weighted by Crippen LogP contribution is 2.28. The van der Waals surface area contributed by atoms with Crippen LogP contribution in [0.1, 0.15) is 33.2 Å². The number of ketones is 1. The zero-order valence-corrected chi connectivity index (χ0v) is 13.0. The summed E-state index contributed by atoms with van der Waals surface area (Å²) in [6.45, 7) is 1.68. The summed E-state index contributed by atoms with van der Waals surface area (Å²) in [6.07, 6.45) is 0. The van der Waals surface area contributed by atoms with E-state index in [-0.39, 0.29) is 21.9 Å². The van der Waals surface area contributed by atoms with Crippen molar-refractivity contribution in [3.05, 3.63) is 64.2 Å². The molecule has 0 saturated carbocycles. The number of hydrogen-bond donors (Lipinski definition) is 0. The Morgan fingerprint density at radius 3 is 2.41 bits per heavy atom. The van der Waals surface area contributed by atoms with E-state index in [1.807, 2.05) is 30.3 Å². The van der Waals surface area contributed by atoms with Crippen molar-refractivity contribution < 1.29 is 19.1 Å². The zero-order valence-electron chi connectivity index (χ0n) is 12.3. The Bertz CT molecular complexity index is 695. The second-order valence-electron chi connectivity index (χ2n) is 4.65. The van der Waals surface area contributed by atoms with Crippen LogP contribution >= 0.6 is 11.6 Å². The third kappa shape index (κ3) is 3.65. The van der Waals surface area contributed by atoms with Gasteiger partial charge in [-0.15, -0.1) is 0 Å². The van der Waals surface area contributed by atoms with Gasteiger partial charge in [0, 0.05) is 0 Å². The summed E-state index contributed by atoms with van der Waals surface area (Å²) in [5.41, 5.74) is 1.22. The van der Waals surface area contributed by atoms with Crippen LogP contribution in [0.25, 0.3) is 0 Å². The monoisotopic (exact) mass is 318 g/mol. The van der Waals surface area contributed by atoms with Gasteiger partial charge in [0.25, 0.3) is 0 Å². The van der Waals surface area contributed by atoms with Crippen molar-refractivity contribution in [3.63, 3.8) is 0 Å². The molecule has 0 aromatic heterocycles. The molecule has 0 atom stereocenters. The lowest BCUT2D eigenvalue weighted by atomic mass is 10.0. The molecule has 0 aliphatic carbocycles. The van der Waals surface area contributed by atoms with Gasteiger partial charge in [0.1, 0.15) is 12.4 Å². The third-order valence-corrected chi connectivity index (χ3v) is 3.37. The number of hydrogen-bond acceptors (Lipinski definition) is 4. The fraction of sp³-hybridized carbons (Fsp3) is 0.176. The van der Waals surface area contributed by atoms with Gasteiger partial charge in [0.15, 0.2) is 5.78 Å². The SMILES string of the molecule is COC(=O)c1cc(OCc2ccccc2)cc(Cl)c1C(C)=O. The molecule has 0 bridgehead atoms. The first-order chi connectivity index (χ1) is 10.5. The molecule has 0 unspecified atom stereocenters. The number of Topliss-reactive ketones (excluding diaryl/α,β-unsaturated/α-hetero) is 1. The van der Waals surface area contributed by atoms with Crippen molar-refractivity contribution in [1.29, 1.82) is 0 Å². The third-order valence-electron chi connectivity index (χ3n) is 3.07. The van der Waals surface area contributed by atoms with Gasteiger partial charge >= 0.3 is 5.97 Å². The highest BCUT2D eigenvalue weighted by molar-refractivity contribution is 6.35. The van der Waals surface area contributed by atoms with E-state index in [0.717, 1.165) is 5.56 Å². The average molecular weight is 319 g/mol. The standard InChI is InChI=1S/C17H15ClO4/c1-11(19)16-14(17(20)21-2)8-13(9-15(16)18)22-10-12-6-4-3-5-7-12/h3-9H,10H2,1-2H3. The molecule has 0 spiro atoms. The smallest absolute Gasteiger partial charge is 0.338 e. The van der Waals surface area contributed by atoms with E-state index in [9.17, 15) is 9.59 Å². The summed E-state index contributed by atoms with van der Waals surface area (Å²) < 4.78 is 10.3. The van der Waals surface area contributed by atoms with Crippen LogP contribution in [0.15, 0.2) is 42.5 Å². The molecule has 5 heteroatoms. The lowest BCUT2D eigenvalue weighted by molar-refractivity contribution is 0.0596. The zero-order chi connectivity index (χ0) is 16.1. The van der Waals surface area contributed by atoms with Crippen molar-refractivity contribution in [2.24, 2.45) is 0 Å². The van der Waals surface area contributed by atoms with Gasteiger partial charge in [-0.3, -0.25) is 4.79 Å². The summed E-state index contributed by atoms with van der Waals surface area (Å²) in [5, 5.41) is 0.165. The van der Waals surface area contributed by atoms with Crippen LogP contribution in [-0.2, 0) is 11.3 Å². The summed E-state index contributed by atoms with van der Waals surface area (Å²) >= 11 is 6.10. The van der Waals surface area contributed by atoms with Crippen molar-refractivity contribution in [2.45, 2.75) is 13.5 Å². The highest BCUT2D eigenvalue weighted by atomic mass is 35.5. The van der Waals surface area contributed by atoms with Crippen LogP contribution in [0.5, 0.6) is 5.75 Å². The van der Waals surface area contributed by atoms with E-state index in [1.54, 1.807) is 0 Å². The van der Waals surface area contributed by atoms with Crippen LogP contribution in [0.2, 0.25) is 5.02 Å². The minimum Gasteiger partial charge on any atom is -0.489 e. The number of ether oxygens (including phenoxy) is 2. The van der Waals surface area contributed by atoms with Gasteiger partial charge in [-0.1, -0.05) is 41.9 Å². The number of halogens is 1. The minimum atomic E-state index is -0.628. The molecule has 2 aromatic carbocycles. The second kappa shape index (κ2) is 7.09. The highest BCUT2D eigenvalue weighted by Gasteiger charge is 2.20. The average Bonchev–Trinajstić information content (AvgIpc) is 2.52. The van der Waals surface area contributed by atoms with Crippen LogP contribution in [0.3, 0.4) is 0 Å². The predicted octanol–water partition coefficient (Wildman–Crippen LogP) is 3.91. The molecule has 114 valence electrons. The van der Waals surface area contributed by atoms with Gasteiger partial charge in [-0.25, -0.2) is 4.79 Å². The molecule has 0 aliphatic heterocycles. The molecular formula is C17H15ClO4. The van der Waals surface area contributed by atoms with E-state index in [0.29, 0.717) is 12.4 Å². The lowest BCUT2D eigenvalue weighted by Crippen LogP contribution is -2.10. The Balaban J connectivity index is 2.31. The first kappa shape index (κ1) is 16.0. The number of methoxy groups -OCH3 is 1. The van der Waals surface area contributed by atoms with Gasteiger partial charge in [0.05, 0.1) is 23.3 Å². The Morgan fingerprint density at radius 2 is 1.82 bits per heavy atom. The number of carbonyl (C=O) groups excluding carboxylic acids is 2. The molecule has 22 heavy (non-hydrogen) atoms. The maximum atomic E-state index is 11.8. The number of rotatable bonds is 5. The van der Waals surface area contributed by atoms with Crippen molar-refractivity contribution in [1.82, 2.24) is 0 Å². The normalized spacial score (nSPS) is 10.1. The largest absolute Gasteiger partial charge is 0.489 e. The summed E-state index contributed by atoms with van der Waals surface area (Å²) in [4.78, 5) is 23.5. The quantitative estimate of drug-likeness (QED) is 0.619. The first-order valence-electron chi connectivity index (χ1n) is 6.62. The summed E-state index contributed by atoms with van der Waals surface area (Å²) in [5.74, 6) is -0.531.